The Morgan fingerprint density at radius 3 is 2.32 bits per heavy atom. The lowest BCUT2D eigenvalue weighted by Crippen LogP contribution is -2.19. The number of aromatic nitrogens is 3. The number of hydrogen-bond donors (Lipinski definition) is 0. The average Bonchev–Trinajstić information content (AvgIpc) is 3.59. The van der Waals surface area contributed by atoms with Crippen molar-refractivity contribution in [2.45, 2.75) is 18.8 Å². The van der Waals surface area contributed by atoms with Crippen LogP contribution in [-0.2, 0) is 0 Å². The zero-order valence-electron chi connectivity index (χ0n) is 16.7. The van der Waals surface area contributed by atoms with Gasteiger partial charge in [-0.1, -0.05) is 48.5 Å². The van der Waals surface area contributed by atoms with Crippen molar-refractivity contribution in [2.75, 3.05) is 0 Å². The Labute approximate surface area is 178 Å². The zero-order valence-corrected chi connectivity index (χ0v) is 16.7. The molecule has 31 heavy (non-hydrogen) atoms. The van der Waals surface area contributed by atoms with E-state index >= 15 is 0 Å². The summed E-state index contributed by atoms with van der Waals surface area (Å²) >= 11 is 0. The Balaban J connectivity index is 1.55. The number of hydrogen-bond acceptors (Lipinski definition) is 4. The van der Waals surface area contributed by atoms with Gasteiger partial charge in [0, 0.05) is 28.9 Å². The summed E-state index contributed by atoms with van der Waals surface area (Å²) in [7, 11) is 0. The van der Waals surface area contributed by atoms with Crippen molar-refractivity contribution in [3.8, 4) is 28.6 Å². The first-order chi connectivity index (χ1) is 15.3. The minimum Gasteiger partial charge on any atom is -0.434 e. The Hall–Kier alpha value is -3.99. The van der Waals surface area contributed by atoms with Gasteiger partial charge in [-0.2, -0.15) is 4.98 Å². The van der Waals surface area contributed by atoms with E-state index in [1.54, 1.807) is 6.20 Å². The largest absolute Gasteiger partial charge is 0.434 e. The van der Waals surface area contributed by atoms with Crippen LogP contribution < -0.4 is 5.56 Å². The predicted molar refractivity (Wildman–Crippen MR) is 120 cm³/mol. The first-order valence-corrected chi connectivity index (χ1v) is 10.4. The monoisotopic (exact) mass is 405 g/mol. The van der Waals surface area contributed by atoms with E-state index in [9.17, 15) is 4.79 Å². The third-order valence-corrected chi connectivity index (χ3v) is 5.71. The molecular formula is C26H19N3O2. The molecule has 5 heteroatoms. The van der Waals surface area contributed by atoms with E-state index in [4.69, 9.17) is 9.40 Å². The predicted octanol–water partition coefficient (Wildman–Crippen LogP) is 5.59. The molecule has 3 heterocycles. The second-order valence-electron chi connectivity index (χ2n) is 7.88. The minimum atomic E-state index is -0.204. The molecule has 1 aliphatic carbocycles. The molecule has 0 spiro atoms. The molecule has 6 rings (SSSR count). The third kappa shape index (κ3) is 3.15. The summed E-state index contributed by atoms with van der Waals surface area (Å²) in [5.41, 5.74) is 3.16. The van der Waals surface area contributed by atoms with Crippen molar-refractivity contribution in [2.24, 2.45) is 0 Å². The van der Waals surface area contributed by atoms with Gasteiger partial charge in [0.1, 0.15) is 5.52 Å². The molecule has 1 aliphatic rings. The summed E-state index contributed by atoms with van der Waals surface area (Å²) in [4.78, 5) is 22.6. The highest BCUT2D eigenvalue weighted by Gasteiger charge is 2.25. The van der Waals surface area contributed by atoms with Gasteiger partial charge in [-0.3, -0.25) is 14.3 Å². The number of oxazole rings is 1. The Morgan fingerprint density at radius 1 is 0.903 bits per heavy atom. The van der Waals surface area contributed by atoms with E-state index < -0.39 is 0 Å². The average molecular weight is 405 g/mol. The molecule has 150 valence electrons. The molecule has 3 aromatic heterocycles. The first-order valence-electron chi connectivity index (χ1n) is 10.4. The van der Waals surface area contributed by atoms with Gasteiger partial charge < -0.3 is 4.42 Å². The summed E-state index contributed by atoms with van der Waals surface area (Å²) in [5.74, 6) is 2.08. The first kappa shape index (κ1) is 17.8. The minimum absolute atomic E-state index is 0.204. The molecule has 0 amide bonds. The molecule has 1 fully saturated rings. The lowest BCUT2D eigenvalue weighted by Gasteiger charge is -2.07. The fourth-order valence-corrected chi connectivity index (χ4v) is 3.91. The second-order valence-corrected chi connectivity index (χ2v) is 7.88. The van der Waals surface area contributed by atoms with Gasteiger partial charge in [0.2, 0.25) is 5.89 Å². The number of rotatable bonds is 4. The van der Waals surface area contributed by atoms with E-state index in [-0.39, 0.29) is 5.56 Å². The van der Waals surface area contributed by atoms with Gasteiger partial charge in [-0.25, -0.2) is 0 Å². The van der Waals surface area contributed by atoms with Crippen LogP contribution in [0.25, 0.3) is 39.5 Å². The summed E-state index contributed by atoms with van der Waals surface area (Å²) in [6, 6.07) is 23.4. The van der Waals surface area contributed by atoms with Crippen molar-refractivity contribution in [3.63, 3.8) is 0 Å². The molecule has 1 saturated carbocycles. The Bertz CT molecular complexity index is 1450. The summed E-state index contributed by atoms with van der Waals surface area (Å²) in [5, 5.41) is 0.860. The Morgan fingerprint density at radius 2 is 1.61 bits per heavy atom. The molecule has 0 bridgehead atoms. The zero-order chi connectivity index (χ0) is 20.8. The molecular weight excluding hydrogens is 386 g/mol. The number of pyridine rings is 2. The molecule has 0 atom stereocenters. The molecule has 0 saturated heterocycles. The molecule has 2 aromatic carbocycles. The number of benzene rings is 2. The summed E-state index contributed by atoms with van der Waals surface area (Å²) < 4.78 is 7.71. The van der Waals surface area contributed by atoms with Crippen LogP contribution in [0.1, 0.15) is 24.3 Å². The topological polar surface area (TPSA) is 60.9 Å². The van der Waals surface area contributed by atoms with E-state index in [0.717, 1.165) is 16.5 Å². The smallest absolute Gasteiger partial charge is 0.282 e. The molecule has 0 aliphatic heterocycles. The highest BCUT2D eigenvalue weighted by atomic mass is 16.4. The second kappa shape index (κ2) is 7.06. The van der Waals surface area contributed by atoms with Crippen LogP contribution in [0.15, 0.2) is 94.4 Å². The molecule has 0 N–H and O–H groups in total. The normalized spacial score (nSPS) is 13.5. The quantitative estimate of drug-likeness (QED) is 0.391. The molecule has 5 nitrogen and oxygen atoms in total. The molecule has 0 radical (unpaired) electrons. The highest BCUT2D eigenvalue weighted by Crippen LogP contribution is 2.40. The van der Waals surface area contributed by atoms with Crippen molar-refractivity contribution in [3.05, 3.63) is 101 Å². The lowest BCUT2D eigenvalue weighted by atomic mass is 10.1. The fourth-order valence-electron chi connectivity index (χ4n) is 3.91. The van der Waals surface area contributed by atoms with Gasteiger partial charge in [-0.05, 0) is 48.6 Å². The lowest BCUT2D eigenvalue weighted by molar-refractivity contribution is 0.588. The van der Waals surface area contributed by atoms with E-state index in [2.05, 4.69) is 11.1 Å². The van der Waals surface area contributed by atoms with Crippen LogP contribution in [0.5, 0.6) is 0 Å². The number of fused-ring (bicyclic) bond motifs is 1. The molecule has 0 unspecified atom stereocenters. The third-order valence-electron chi connectivity index (χ3n) is 5.71. The Kier molecular flexibility index (Phi) is 4.06. The maximum absolute atomic E-state index is 13.4. The fraction of sp³-hybridized carbons (Fsp3) is 0.115. The maximum Gasteiger partial charge on any atom is 0.282 e. The van der Waals surface area contributed by atoms with Gasteiger partial charge in [0.25, 0.3) is 5.56 Å². The van der Waals surface area contributed by atoms with Crippen LogP contribution in [0.3, 0.4) is 0 Å². The maximum atomic E-state index is 13.4. The van der Waals surface area contributed by atoms with Gasteiger partial charge in [-0.15, -0.1) is 0 Å². The summed E-state index contributed by atoms with van der Waals surface area (Å²) in [6.45, 7) is 0. The van der Waals surface area contributed by atoms with E-state index in [1.165, 1.54) is 23.0 Å². The van der Waals surface area contributed by atoms with Crippen LogP contribution in [0, 0.1) is 0 Å². The van der Waals surface area contributed by atoms with Crippen molar-refractivity contribution in [1.29, 1.82) is 0 Å². The highest BCUT2D eigenvalue weighted by molar-refractivity contribution is 5.79. The van der Waals surface area contributed by atoms with Crippen molar-refractivity contribution in [1.82, 2.24) is 14.5 Å². The van der Waals surface area contributed by atoms with E-state index in [0.29, 0.717) is 28.9 Å². The van der Waals surface area contributed by atoms with Crippen molar-refractivity contribution >= 4 is 10.9 Å². The SMILES string of the molecule is O=c1c2ncc(C3CC3)cc2ccn1-c1nc(-c2ccccc2)oc1-c1ccccc1. The van der Waals surface area contributed by atoms with Crippen LogP contribution >= 0.6 is 0 Å². The van der Waals surface area contributed by atoms with Crippen LogP contribution in [0.2, 0.25) is 0 Å². The summed E-state index contributed by atoms with van der Waals surface area (Å²) in [6.07, 6.45) is 6.00. The number of nitrogens with zero attached hydrogens (tertiary/aromatic N) is 3. The van der Waals surface area contributed by atoms with Gasteiger partial charge in [0.05, 0.1) is 0 Å². The van der Waals surface area contributed by atoms with Crippen LogP contribution in [0.4, 0.5) is 0 Å². The van der Waals surface area contributed by atoms with Crippen molar-refractivity contribution < 1.29 is 4.42 Å². The van der Waals surface area contributed by atoms with E-state index in [1.807, 2.05) is 72.9 Å². The van der Waals surface area contributed by atoms with Gasteiger partial charge in [0.15, 0.2) is 11.6 Å². The molecule has 5 aromatic rings. The van der Waals surface area contributed by atoms with Gasteiger partial charge >= 0.3 is 0 Å². The van der Waals surface area contributed by atoms with Crippen LogP contribution in [-0.4, -0.2) is 14.5 Å². The standard InChI is InChI=1S/C26H19N3O2/c30-26-22-20(15-21(16-27-22)17-11-12-17)13-14-29(26)24-23(18-7-3-1-4-8-18)31-25(28-24)19-9-5-2-6-10-19/h1-10,13-17H,11-12H2.